The number of halogens is 2. The molecule has 0 saturated carbocycles. The van der Waals surface area contributed by atoms with E-state index in [0.29, 0.717) is 17.1 Å². The van der Waals surface area contributed by atoms with E-state index in [9.17, 15) is 4.79 Å². The number of carbonyl (C=O) groups is 1. The second-order valence-electron chi connectivity index (χ2n) is 3.84. The molecule has 0 atom stereocenters. The molecule has 1 amide bonds. The Kier molecular flexibility index (Phi) is 5.05. The zero-order chi connectivity index (χ0) is 15.4. The molecule has 0 bridgehead atoms. The Morgan fingerprint density at radius 1 is 1.38 bits per heavy atom. The summed E-state index contributed by atoms with van der Waals surface area (Å²) in [4.78, 5) is 13.3. The van der Waals surface area contributed by atoms with Gasteiger partial charge in [0.05, 0.1) is 16.6 Å². The quantitative estimate of drug-likeness (QED) is 0.829. The Labute approximate surface area is 135 Å². The van der Waals surface area contributed by atoms with Gasteiger partial charge in [-0.15, -0.1) is 5.10 Å². The first-order chi connectivity index (χ1) is 9.99. The topological polar surface area (TPSA) is 84.7 Å². The third-order valence-corrected chi connectivity index (χ3v) is 3.31. The lowest BCUT2D eigenvalue weighted by Crippen LogP contribution is -2.34. The molecule has 1 aromatic heterocycles. The predicted octanol–water partition coefficient (Wildman–Crippen LogP) is 2.13. The number of nitrogens with one attached hydrogen (secondary N) is 2. The molecule has 110 valence electrons. The van der Waals surface area contributed by atoms with Crippen LogP contribution in [-0.4, -0.2) is 31.2 Å². The minimum absolute atomic E-state index is 0.0572. The highest BCUT2D eigenvalue weighted by atomic mass is 35.5. The van der Waals surface area contributed by atoms with E-state index in [2.05, 4.69) is 26.0 Å². The van der Waals surface area contributed by atoms with Crippen molar-refractivity contribution in [3.63, 3.8) is 0 Å². The van der Waals surface area contributed by atoms with E-state index in [-0.39, 0.29) is 16.1 Å². The van der Waals surface area contributed by atoms with Gasteiger partial charge in [-0.05, 0) is 42.6 Å². The number of nitrogens with zero attached hydrogens (tertiary/aromatic N) is 4. The van der Waals surface area contributed by atoms with Crippen LogP contribution in [-0.2, 0) is 6.54 Å². The van der Waals surface area contributed by atoms with Gasteiger partial charge in [0.1, 0.15) is 0 Å². The molecule has 10 heteroatoms. The number of hydrogen-bond donors (Lipinski definition) is 2. The van der Waals surface area contributed by atoms with E-state index in [0.717, 1.165) is 0 Å². The van der Waals surface area contributed by atoms with Crippen LogP contribution in [0.2, 0.25) is 10.0 Å². The Morgan fingerprint density at radius 3 is 2.76 bits per heavy atom. The Morgan fingerprint density at radius 2 is 2.14 bits per heavy atom. The van der Waals surface area contributed by atoms with Crippen molar-refractivity contribution < 1.29 is 4.79 Å². The number of hydrogen-bond acceptors (Lipinski definition) is 5. The van der Waals surface area contributed by atoms with Crippen LogP contribution in [0, 0.1) is 0 Å². The van der Waals surface area contributed by atoms with Gasteiger partial charge in [-0.3, -0.25) is 15.4 Å². The second kappa shape index (κ2) is 6.79. The molecule has 0 saturated heterocycles. The number of rotatable bonds is 3. The van der Waals surface area contributed by atoms with Crippen LogP contribution in [0.5, 0.6) is 0 Å². The van der Waals surface area contributed by atoms with Crippen molar-refractivity contribution in [1.82, 2.24) is 25.5 Å². The molecule has 2 aromatic rings. The Hall–Kier alpha value is -1.77. The second-order valence-corrected chi connectivity index (χ2v) is 5.06. The van der Waals surface area contributed by atoms with Gasteiger partial charge in [0.15, 0.2) is 5.11 Å². The molecule has 2 N–H and O–H groups in total. The molecule has 0 spiro atoms. The minimum atomic E-state index is -0.422. The Balaban J connectivity index is 1.98. The van der Waals surface area contributed by atoms with E-state index in [1.807, 2.05) is 6.92 Å². The van der Waals surface area contributed by atoms with Gasteiger partial charge in [0.25, 0.3) is 11.9 Å². The van der Waals surface area contributed by atoms with Crippen molar-refractivity contribution in [2.24, 2.45) is 0 Å². The summed E-state index contributed by atoms with van der Waals surface area (Å²) < 4.78 is 0. The number of tetrazole rings is 1. The SMILES string of the molecule is CCn1nnc(NC(=S)NC(=O)c2ccc(Cl)c(Cl)c2)n1. The molecule has 0 radical (unpaired) electrons. The summed E-state index contributed by atoms with van der Waals surface area (Å²) in [6, 6.07) is 4.52. The van der Waals surface area contributed by atoms with E-state index >= 15 is 0 Å². The van der Waals surface area contributed by atoms with E-state index in [1.54, 1.807) is 0 Å². The van der Waals surface area contributed by atoms with E-state index in [1.165, 1.54) is 23.0 Å². The van der Waals surface area contributed by atoms with Gasteiger partial charge in [0, 0.05) is 5.56 Å². The molecule has 1 heterocycles. The molecule has 21 heavy (non-hydrogen) atoms. The fourth-order valence-corrected chi connectivity index (χ4v) is 1.85. The first kappa shape index (κ1) is 15.6. The molecule has 0 aliphatic carbocycles. The van der Waals surface area contributed by atoms with E-state index < -0.39 is 5.91 Å². The number of anilines is 1. The maximum Gasteiger partial charge on any atom is 0.269 e. The van der Waals surface area contributed by atoms with Gasteiger partial charge in [-0.2, -0.15) is 4.80 Å². The van der Waals surface area contributed by atoms with Crippen molar-refractivity contribution in [2.75, 3.05) is 5.32 Å². The van der Waals surface area contributed by atoms with Crippen LogP contribution in [0.15, 0.2) is 18.2 Å². The predicted molar refractivity (Wildman–Crippen MR) is 83.6 cm³/mol. The molecule has 0 unspecified atom stereocenters. The molecule has 0 fully saturated rings. The number of thiocarbonyl (C=S) groups is 1. The van der Waals surface area contributed by atoms with Crippen LogP contribution >= 0.6 is 35.4 Å². The van der Waals surface area contributed by atoms with Gasteiger partial charge in [0.2, 0.25) is 0 Å². The fraction of sp³-hybridized carbons (Fsp3) is 0.182. The monoisotopic (exact) mass is 344 g/mol. The summed E-state index contributed by atoms with van der Waals surface area (Å²) in [5, 5.41) is 17.3. The van der Waals surface area contributed by atoms with Crippen LogP contribution < -0.4 is 10.6 Å². The normalized spacial score (nSPS) is 10.2. The fourth-order valence-electron chi connectivity index (χ4n) is 1.37. The third kappa shape index (κ3) is 4.10. The lowest BCUT2D eigenvalue weighted by Gasteiger charge is -2.07. The number of amides is 1. The number of carbonyl (C=O) groups excluding carboxylic acids is 1. The zero-order valence-electron chi connectivity index (χ0n) is 10.8. The highest BCUT2D eigenvalue weighted by molar-refractivity contribution is 7.80. The van der Waals surface area contributed by atoms with Crippen LogP contribution in [0.4, 0.5) is 5.95 Å². The molecular weight excluding hydrogens is 335 g/mol. The number of aromatic nitrogens is 4. The van der Waals surface area contributed by atoms with Gasteiger partial charge in [-0.25, -0.2) is 0 Å². The lowest BCUT2D eigenvalue weighted by atomic mass is 10.2. The number of aryl methyl sites for hydroxylation is 1. The molecule has 0 aliphatic rings. The Bertz CT molecular complexity index is 689. The maximum atomic E-state index is 12.0. The maximum absolute atomic E-state index is 12.0. The molecular formula is C11H10Cl2N6OS. The smallest absolute Gasteiger partial charge is 0.269 e. The summed E-state index contributed by atoms with van der Waals surface area (Å²) in [5.41, 5.74) is 0.332. The van der Waals surface area contributed by atoms with Gasteiger partial charge >= 0.3 is 0 Å². The van der Waals surface area contributed by atoms with Crippen molar-refractivity contribution in [3.05, 3.63) is 33.8 Å². The largest absolute Gasteiger partial charge is 0.299 e. The summed E-state index contributed by atoms with van der Waals surface area (Å²) in [6.07, 6.45) is 0. The van der Waals surface area contributed by atoms with Gasteiger partial charge in [-0.1, -0.05) is 28.3 Å². The zero-order valence-corrected chi connectivity index (χ0v) is 13.1. The van der Waals surface area contributed by atoms with Crippen molar-refractivity contribution >= 4 is 52.4 Å². The van der Waals surface area contributed by atoms with Crippen molar-refractivity contribution in [1.29, 1.82) is 0 Å². The summed E-state index contributed by atoms with van der Waals surface area (Å²) in [7, 11) is 0. The first-order valence-corrected chi connectivity index (χ1v) is 7.01. The van der Waals surface area contributed by atoms with Crippen LogP contribution in [0.25, 0.3) is 0 Å². The molecule has 2 rings (SSSR count). The van der Waals surface area contributed by atoms with Gasteiger partial charge < -0.3 is 0 Å². The average molecular weight is 345 g/mol. The highest BCUT2D eigenvalue weighted by Gasteiger charge is 2.11. The van der Waals surface area contributed by atoms with Crippen LogP contribution in [0.3, 0.4) is 0 Å². The summed E-state index contributed by atoms with van der Waals surface area (Å²) >= 11 is 16.6. The van der Waals surface area contributed by atoms with Crippen molar-refractivity contribution in [2.45, 2.75) is 13.5 Å². The highest BCUT2D eigenvalue weighted by Crippen LogP contribution is 2.22. The van der Waals surface area contributed by atoms with E-state index in [4.69, 9.17) is 35.4 Å². The van der Waals surface area contributed by atoms with Crippen LogP contribution in [0.1, 0.15) is 17.3 Å². The molecule has 1 aromatic carbocycles. The first-order valence-electron chi connectivity index (χ1n) is 5.84. The third-order valence-electron chi connectivity index (χ3n) is 2.37. The van der Waals surface area contributed by atoms with Crippen molar-refractivity contribution in [3.8, 4) is 0 Å². The molecule has 0 aliphatic heterocycles. The lowest BCUT2D eigenvalue weighted by molar-refractivity contribution is 0.0977. The summed E-state index contributed by atoms with van der Waals surface area (Å²) in [6.45, 7) is 2.45. The molecule has 7 nitrogen and oxygen atoms in total. The average Bonchev–Trinajstić information content (AvgIpc) is 2.89. The summed E-state index contributed by atoms with van der Waals surface area (Å²) in [5.74, 6) is -0.217. The standard InChI is InChI=1S/C11H10Cl2N6OS/c1-2-19-17-10(16-18-19)15-11(21)14-9(20)6-3-4-7(12)8(13)5-6/h3-5H,2H2,1H3,(H2,14,15,17,20,21). The number of benzene rings is 1. The minimum Gasteiger partial charge on any atom is -0.299 e.